The summed E-state index contributed by atoms with van der Waals surface area (Å²) >= 11 is 0. The highest BCUT2D eigenvalue weighted by Gasteiger charge is 2.72. The molecular weight excluding hydrogens is 510 g/mol. The summed E-state index contributed by atoms with van der Waals surface area (Å²) in [6.07, 6.45) is 15.1. The van der Waals surface area contributed by atoms with Crippen molar-refractivity contribution in [3.8, 4) is 0 Å². The molecule has 6 saturated carbocycles. The van der Waals surface area contributed by atoms with E-state index in [4.69, 9.17) is 4.74 Å². The molecule has 10 atom stereocenters. The average Bonchev–Trinajstić information content (AvgIpc) is 3.55. The minimum Gasteiger partial charge on any atom is -0.481 e. The van der Waals surface area contributed by atoms with Crippen molar-refractivity contribution in [2.75, 3.05) is 0 Å². The molecule has 0 spiro atoms. The number of amides is 1. The van der Waals surface area contributed by atoms with E-state index < -0.39 is 11.4 Å². The quantitative estimate of drug-likeness (QED) is 0.355. The lowest BCUT2D eigenvalue weighted by atomic mass is 9.32. The van der Waals surface area contributed by atoms with E-state index in [1.54, 1.807) is 0 Å². The summed E-state index contributed by atoms with van der Waals surface area (Å²) in [6.45, 7) is 17.3. The topological polar surface area (TPSA) is 75.6 Å². The van der Waals surface area contributed by atoms with Crippen molar-refractivity contribution in [2.45, 2.75) is 151 Å². The van der Waals surface area contributed by atoms with Gasteiger partial charge in [-0.1, -0.05) is 61.3 Å². The number of nitrogens with one attached hydrogen (secondary N) is 1. The predicted molar refractivity (Wildman–Crippen MR) is 162 cm³/mol. The van der Waals surface area contributed by atoms with Crippen LogP contribution in [-0.4, -0.2) is 29.3 Å². The van der Waals surface area contributed by atoms with Gasteiger partial charge in [-0.15, -0.1) is 0 Å². The number of carboxylic acid groups (broad SMARTS) is 1. The van der Waals surface area contributed by atoms with Gasteiger partial charge in [-0.3, -0.25) is 4.79 Å². The number of carbonyl (C=O) groups is 2. The highest BCUT2D eigenvalue weighted by molar-refractivity contribution is 5.76. The predicted octanol–water partition coefficient (Wildman–Crippen LogP) is 8.85. The Morgan fingerprint density at radius 3 is 2.15 bits per heavy atom. The fourth-order valence-electron chi connectivity index (χ4n) is 13.3. The normalized spacial score (nSPS) is 49.0. The molecule has 6 aliphatic carbocycles. The van der Waals surface area contributed by atoms with E-state index in [9.17, 15) is 14.7 Å². The highest BCUT2D eigenvalue weighted by atomic mass is 16.6. The molecule has 0 saturated heterocycles. The van der Waals surface area contributed by atoms with Crippen LogP contribution in [0.15, 0.2) is 0 Å². The average molecular weight is 570 g/mol. The Morgan fingerprint density at radius 1 is 0.780 bits per heavy atom. The maximum absolute atomic E-state index is 12.9. The molecular formula is C36H59NO4. The van der Waals surface area contributed by atoms with Gasteiger partial charge >= 0.3 is 12.1 Å². The molecule has 1 amide bonds. The molecule has 6 aliphatic rings. The Labute approximate surface area is 249 Å². The van der Waals surface area contributed by atoms with Gasteiger partial charge in [-0.2, -0.15) is 0 Å². The van der Waals surface area contributed by atoms with Crippen LogP contribution >= 0.6 is 0 Å². The number of alkyl carbamates (subject to hydrolysis) is 1. The van der Waals surface area contributed by atoms with Crippen molar-refractivity contribution in [3.05, 3.63) is 0 Å². The molecule has 0 radical (unpaired) electrons. The van der Waals surface area contributed by atoms with E-state index in [1.807, 2.05) is 0 Å². The van der Waals surface area contributed by atoms with Crippen molar-refractivity contribution >= 4 is 12.1 Å². The van der Waals surface area contributed by atoms with E-state index in [0.717, 1.165) is 51.4 Å². The lowest BCUT2D eigenvalue weighted by molar-refractivity contribution is -0.249. The third-order valence-electron chi connectivity index (χ3n) is 15.6. The monoisotopic (exact) mass is 569 g/mol. The summed E-state index contributed by atoms with van der Waals surface area (Å²) in [6, 6.07) is 0.288. The molecule has 0 aliphatic heterocycles. The number of ether oxygens (including phenoxy) is 1. The molecule has 4 unspecified atom stereocenters. The smallest absolute Gasteiger partial charge is 0.407 e. The second-order valence-corrected chi connectivity index (χ2v) is 17.5. The molecule has 0 aromatic rings. The first-order valence-corrected chi connectivity index (χ1v) is 17.4. The summed E-state index contributed by atoms with van der Waals surface area (Å²) in [5, 5.41) is 13.8. The number of rotatable bonds is 4. The van der Waals surface area contributed by atoms with Gasteiger partial charge in [0.2, 0.25) is 0 Å². The van der Waals surface area contributed by atoms with Gasteiger partial charge in [0, 0.05) is 11.5 Å². The summed E-state index contributed by atoms with van der Waals surface area (Å²) in [7, 11) is 0. The number of carboxylic acids is 1. The fraction of sp³-hybridized carbons (Fsp3) is 0.944. The molecule has 0 bridgehead atoms. The number of hydrogen-bond donors (Lipinski definition) is 2. The summed E-state index contributed by atoms with van der Waals surface area (Å²) in [4.78, 5) is 25.9. The standard InChI is InChI=1S/C36H59NO4/c1-22(2)24-14-19-36(30(38)39)21-20-34(6)25(29(24)36)12-13-27-33(5)17-16-28(41-31(40)37-23-10-8-9-11-23)32(3,4)26(33)15-18-35(27,34)7/h22-29H,8-21H2,1-7H3,(H,37,40)(H,38,39)/t24-,25?,26?,27?,28+,29?,33-,34+,35+,36-/m0/s1. The SMILES string of the molecule is CC(C)[C@@H]1CC[C@]2(C(=O)O)CC[C@]3(C)C(CCC4[C@@]5(C)CC[C@@H](OC(=O)NC6CCCC6)C(C)(C)C5CC[C@]43C)C12. The molecule has 6 rings (SSSR count). The Morgan fingerprint density at radius 2 is 1.49 bits per heavy atom. The van der Waals surface area contributed by atoms with Gasteiger partial charge in [0.05, 0.1) is 5.41 Å². The van der Waals surface area contributed by atoms with Gasteiger partial charge in [0.25, 0.3) is 0 Å². The van der Waals surface area contributed by atoms with Crippen LogP contribution in [0.25, 0.3) is 0 Å². The van der Waals surface area contributed by atoms with Gasteiger partial charge in [-0.25, -0.2) is 4.79 Å². The Kier molecular flexibility index (Phi) is 7.18. The fourth-order valence-corrected chi connectivity index (χ4v) is 13.3. The van der Waals surface area contributed by atoms with Crippen LogP contribution in [0.1, 0.15) is 138 Å². The van der Waals surface area contributed by atoms with Crippen LogP contribution in [0, 0.1) is 62.6 Å². The van der Waals surface area contributed by atoms with Crippen molar-refractivity contribution in [2.24, 2.45) is 62.6 Å². The lowest BCUT2D eigenvalue weighted by Gasteiger charge is -2.72. The largest absolute Gasteiger partial charge is 0.481 e. The number of fused-ring (bicyclic) bond motifs is 7. The molecule has 5 nitrogen and oxygen atoms in total. The molecule has 0 aromatic carbocycles. The first-order valence-electron chi connectivity index (χ1n) is 17.4. The van der Waals surface area contributed by atoms with E-state index in [1.165, 1.54) is 38.5 Å². The summed E-state index contributed by atoms with van der Waals surface area (Å²) in [5.41, 5.74) is 0.0716. The molecule has 2 N–H and O–H groups in total. The van der Waals surface area contributed by atoms with Crippen LogP contribution in [0.2, 0.25) is 0 Å². The van der Waals surface area contributed by atoms with Gasteiger partial charge < -0.3 is 15.2 Å². The Bertz CT molecular complexity index is 1050. The van der Waals surface area contributed by atoms with Crippen molar-refractivity contribution in [1.82, 2.24) is 5.32 Å². The zero-order valence-electron chi connectivity index (χ0n) is 27.2. The van der Waals surface area contributed by atoms with Crippen molar-refractivity contribution in [3.63, 3.8) is 0 Å². The molecule has 0 aromatic heterocycles. The molecule has 6 fully saturated rings. The van der Waals surface area contributed by atoms with E-state index >= 15 is 0 Å². The second-order valence-electron chi connectivity index (χ2n) is 17.5. The minimum atomic E-state index is -0.507. The molecule has 41 heavy (non-hydrogen) atoms. The number of aliphatic carboxylic acids is 1. The maximum atomic E-state index is 12.9. The van der Waals surface area contributed by atoms with Gasteiger partial charge in [-0.05, 0) is 129 Å². The first-order chi connectivity index (χ1) is 19.2. The third kappa shape index (κ3) is 4.11. The van der Waals surface area contributed by atoms with E-state index in [2.05, 4.69) is 53.8 Å². The van der Waals surface area contributed by atoms with Gasteiger partial charge in [0.15, 0.2) is 0 Å². The van der Waals surface area contributed by atoms with Crippen LogP contribution < -0.4 is 5.32 Å². The third-order valence-corrected chi connectivity index (χ3v) is 15.6. The second kappa shape index (κ2) is 9.88. The zero-order chi connectivity index (χ0) is 29.6. The maximum Gasteiger partial charge on any atom is 0.407 e. The number of hydrogen-bond acceptors (Lipinski definition) is 3. The molecule has 5 heteroatoms. The van der Waals surface area contributed by atoms with E-state index in [0.29, 0.717) is 35.5 Å². The summed E-state index contributed by atoms with van der Waals surface area (Å²) in [5.74, 6) is 2.57. The van der Waals surface area contributed by atoms with Crippen LogP contribution in [0.5, 0.6) is 0 Å². The highest BCUT2D eigenvalue weighted by Crippen LogP contribution is 2.77. The first kappa shape index (κ1) is 29.8. The van der Waals surface area contributed by atoms with Gasteiger partial charge in [0.1, 0.15) is 6.10 Å². The van der Waals surface area contributed by atoms with Crippen molar-refractivity contribution in [1.29, 1.82) is 0 Å². The van der Waals surface area contributed by atoms with Crippen LogP contribution in [-0.2, 0) is 9.53 Å². The lowest BCUT2D eigenvalue weighted by Crippen LogP contribution is -2.67. The molecule has 0 heterocycles. The minimum absolute atomic E-state index is 0.0330. The molecule has 232 valence electrons. The van der Waals surface area contributed by atoms with Crippen molar-refractivity contribution < 1.29 is 19.4 Å². The summed E-state index contributed by atoms with van der Waals surface area (Å²) < 4.78 is 6.24. The van der Waals surface area contributed by atoms with Crippen LogP contribution in [0.4, 0.5) is 4.79 Å². The number of carbonyl (C=O) groups excluding carboxylic acids is 1. The van der Waals surface area contributed by atoms with Crippen LogP contribution in [0.3, 0.4) is 0 Å². The zero-order valence-corrected chi connectivity index (χ0v) is 27.2. The van der Waals surface area contributed by atoms with E-state index in [-0.39, 0.29) is 39.9 Å². The Balaban J connectivity index is 1.26. The Hall–Kier alpha value is -1.26.